The maximum atomic E-state index is 13.2. The Morgan fingerprint density at radius 2 is 0.697 bits per heavy atom. The van der Waals surface area contributed by atoms with Crippen molar-refractivity contribution in [1.29, 1.82) is 0 Å². The molecule has 89 heavy (non-hydrogen) atoms. The van der Waals surface area contributed by atoms with Gasteiger partial charge < -0.3 is 40.3 Å². The number of unbranched alkanes of at least 4 members (excludes halogenated alkanes) is 37. The van der Waals surface area contributed by atoms with Crippen molar-refractivity contribution in [3.8, 4) is 0 Å². The molecule has 0 saturated carbocycles. The fraction of sp³-hybridized carbons (Fsp3) is 0.762. The fourth-order valence-electron chi connectivity index (χ4n) is 11.6. The number of carbonyl (C=O) groups excluding carboxylic acids is 1. The van der Waals surface area contributed by atoms with Crippen LogP contribution >= 0.6 is 0 Å². The highest BCUT2D eigenvalue weighted by Crippen LogP contribution is 2.24. The van der Waals surface area contributed by atoms with Gasteiger partial charge in [-0.1, -0.05) is 354 Å². The number of ether oxygens (including phenoxy) is 2. The summed E-state index contributed by atoms with van der Waals surface area (Å²) in [5.41, 5.74) is 0. The second-order valence-electron chi connectivity index (χ2n) is 25.7. The lowest BCUT2D eigenvalue weighted by Crippen LogP contribution is -2.60. The summed E-state index contributed by atoms with van der Waals surface area (Å²) in [6.07, 6.45) is 93.1. The number of allylic oxidation sites excluding steroid dienone is 18. The standard InChI is InChI=1S/C80H141NO8/c1-3-5-7-9-11-13-15-17-19-21-23-25-27-29-31-33-35-36-37-38-40-42-44-46-48-50-52-54-56-58-60-62-64-66-68-70-76(84)81-73(72-88-80-79(87)78(86)77(85)75(71-82)89-80)74(83)69-67-65-63-61-59-57-55-53-51-49-47-45-43-41-39-34-32-30-28-26-24-22-20-18-16-14-12-10-8-6-4-2/h5,7,11,13,17,19,23,25,29,31,35-36,38,40,44,46,50,52,73-75,77-80,82-83,85-87H,3-4,6,8-10,12,14-16,18,20-22,24,26-28,30,32-34,37,39,41-43,45,47-49,51,53-72H2,1-2H3,(H,81,84)/b7-5-,13-11-,19-17-,25-23-,31-29-,36-35-,40-38-,46-44-,52-50-. The van der Waals surface area contributed by atoms with Crippen LogP contribution in [0.1, 0.15) is 335 Å². The molecule has 9 nitrogen and oxygen atoms in total. The normalized spacial score (nSPS) is 18.5. The quantitative estimate of drug-likeness (QED) is 0.0261. The third-order valence-corrected chi connectivity index (χ3v) is 17.4. The van der Waals surface area contributed by atoms with E-state index in [4.69, 9.17) is 9.47 Å². The summed E-state index contributed by atoms with van der Waals surface area (Å²) >= 11 is 0. The lowest BCUT2D eigenvalue weighted by molar-refractivity contribution is -0.302. The first kappa shape index (κ1) is 83.9. The van der Waals surface area contributed by atoms with E-state index < -0.39 is 49.5 Å². The molecule has 1 rings (SSSR count). The predicted octanol–water partition coefficient (Wildman–Crippen LogP) is 21.2. The topological polar surface area (TPSA) is 149 Å². The van der Waals surface area contributed by atoms with E-state index in [-0.39, 0.29) is 12.5 Å². The third-order valence-electron chi connectivity index (χ3n) is 17.4. The number of hydrogen-bond acceptors (Lipinski definition) is 8. The number of rotatable bonds is 65. The molecule has 0 bridgehead atoms. The first-order chi connectivity index (χ1) is 43.8. The van der Waals surface area contributed by atoms with E-state index in [9.17, 15) is 30.3 Å². The molecule has 0 aromatic carbocycles. The van der Waals surface area contributed by atoms with E-state index in [2.05, 4.69) is 129 Å². The minimum atomic E-state index is -1.56. The van der Waals surface area contributed by atoms with Crippen LogP contribution in [0.5, 0.6) is 0 Å². The molecule has 514 valence electrons. The van der Waals surface area contributed by atoms with Gasteiger partial charge in [-0.2, -0.15) is 0 Å². The number of amides is 1. The molecular formula is C80H141NO8. The Balaban J connectivity index is 2.13. The van der Waals surface area contributed by atoms with Gasteiger partial charge in [-0.15, -0.1) is 0 Å². The van der Waals surface area contributed by atoms with Gasteiger partial charge in [0.1, 0.15) is 24.4 Å². The van der Waals surface area contributed by atoms with Gasteiger partial charge in [0.25, 0.3) is 0 Å². The van der Waals surface area contributed by atoms with E-state index in [1.807, 2.05) is 0 Å². The second kappa shape index (κ2) is 67.7. The largest absolute Gasteiger partial charge is 0.394 e. The van der Waals surface area contributed by atoms with Gasteiger partial charge in [-0.05, 0) is 83.5 Å². The Bertz CT molecular complexity index is 1780. The Kier molecular flexibility index (Phi) is 63.8. The Labute approximate surface area is 548 Å². The van der Waals surface area contributed by atoms with Crippen LogP contribution < -0.4 is 5.32 Å². The van der Waals surface area contributed by atoms with Crippen molar-refractivity contribution >= 4 is 5.91 Å². The number of carbonyl (C=O) groups is 1. The van der Waals surface area contributed by atoms with Crippen LogP contribution in [0.3, 0.4) is 0 Å². The van der Waals surface area contributed by atoms with Crippen LogP contribution in [0, 0.1) is 0 Å². The van der Waals surface area contributed by atoms with Gasteiger partial charge in [0.05, 0.1) is 25.4 Å². The van der Waals surface area contributed by atoms with E-state index in [0.29, 0.717) is 12.8 Å². The molecule has 1 amide bonds. The molecule has 7 unspecified atom stereocenters. The van der Waals surface area contributed by atoms with Crippen molar-refractivity contribution in [2.45, 2.75) is 378 Å². The van der Waals surface area contributed by atoms with Crippen LogP contribution in [0.15, 0.2) is 109 Å². The summed E-state index contributed by atoms with van der Waals surface area (Å²) in [4.78, 5) is 13.2. The average molecular weight is 1250 g/mol. The van der Waals surface area contributed by atoms with Crippen LogP contribution in [-0.4, -0.2) is 87.5 Å². The summed E-state index contributed by atoms with van der Waals surface area (Å²) in [7, 11) is 0. The molecule has 6 N–H and O–H groups in total. The van der Waals surface area contributed by atoms with Crippen molar-refractivity contribution in [3.05, 3.63) is 109 Å². The predicted molar refractivity (Wildman–Crippen MR) is 382 cm³/mol. The summed E-state index contributed by atoms with van der Waals surface area (Å²) in [6, 6.07) is -0.735. The molecule has 9 heteroatoms. The highest BCUT2D eigenvalue weighted by atomic mass is 16.7. The molecule has 7 atom stereocenters. The molecule has 1 heterocycles. The van der Waals surface area contributed by atoms with Crippen LogP contribution in [0.2, 0.25) is 0 Å². The zero-order valence-electron chi connectivity index (χ0n) is 57.7. The fourth-order valence-corrected chi connectivity index (χ4v) is 11.6. The monoisotopic (exact) mass is 1240 g/mol. The number of aliphatic hydroxyl groups excluding tert-OH is 5. The minimum Gasteiger partial charge on any atom is -0.394 e. The highest BCUT2D eigenvalue weighted by Gasteiger charge is 2.44. The average Bonchev–Trinajstić information content (AvgIpc) is 2.28. The number of nitrogens with one attached hydrogen (secondary N) is 1. The first-order valence-electron chi connectivity index (χ1n) is 37.6. The number of aliphatic hydroxyl groups is 5. The molecule has 0 aromatic rings. The Morgan fingerprint density at radius 3 is 1.03 bits per heavy atom. The maximum Gasteiger partial charge on any atom is 0.220 e. The van der Waals surface area contributed by atoms with Gasteiger partial charge in [-0.3, -0.25) is 4.79 Å². The minimum absolute atomic E-state index is 0.147. The second-order valence-corrected chi connectivity index (χ2v) is 25.7. The van der Waals surface area contributed by atoms with Gasteiger partial charge in [0.15, 0.2) is 6.29 Å². The van der Waals surface area contributed by atoms with Gasteiger partial charge in [-0.25, -0.2) is 0 Å². The highest BCUT2D eigenvalue weighted by molar-refractivity contribution is 5.76. The van der Waals surface area contributed by atoms with Crippen molar-refractivity contribution < 1.29 is 39.8 Å². The number of hydrogen-bond donors (Lipinski definition) is 6. The van der Waals surface area contributed by atoms with E-state index in [1.54, 1.807) is 0 Å². The summed E-state index contributed by atoms with van der Waals surface area (Å²) in [5, 5.41) is 55.0. The van der Waals surface area contributed by atoms with E-state index in [0.717, 1.165) is 109 Å². The van der Waals surface area contributed by atoms with Gasteiger partial charge >= 0.3 is 0 Å². The molecule has 1 aliphatic rings. The first-order valence-corrected chi connectivity index (χ1v) is 37.6. The Morgan fingerprint density at radius 1 is 0.393 bits per heavy atom. The van der Waals surface area contributed by atoms with Crippen molar-refractivity contribution in [1.82, 2.24) is 5.32 Å². The van der Waals surface area contributed by atoms with Crippen LogP contribution in [0.25, 0.3) is 0 Å². The molecule has 1 fully saturated rings. The SMILES string of the molecule is CC/C=C\C/C=C\C/C=C\C/C=C\C/C=C\C/C=C\C/C=C\C/C=C\C/C=C\CCCCCCCCCC(=O)NC(COC1OC(CO)C(O)C(O)C1O)C(O)CCCCCCCCCCCCCCCCCCCCCCCCCCCCCCCCC. The van der Waals surface area contributed by atoms with Crippen LogP contribution in [0.4, 0.5) is 0 Å². The summed E-state index contributed by atoms with van der Waals surface area (Å²) in [6.45, 7) is 3.75. The van der Waals surface area contributed by atoms with Gasteiger partial charge in [0, 0.05) is 6.42 Å². The molecule has 0 radical (unpaired) electrons. The molecule has 1 aliphatic heterocycles. The van der Waals surface area contributed by atoms with E-state index in [1.165, 1.54) is 199 Å². The van der Waals surface area contributed by atoms with Crippen LogP contribution in [-0.2, 0) is 14.3 Å². The van der Waals surface area contributed by atoms with Crippen molar-refractivity contribution in [2.75, 3.05) is 13.2 Å². The zero-order valence-corrected chi connectivity index (χ0v) is 57.7. The lowest BCUT2D eigenvalue weighted by atomic mass is 9.99. The van der Waals surface area contributed by atoms with Crippen molar-refractivity contribution in [2.24, 2.45) is 0 Å². The molecule has 1 saturated heterocycles. The van der Waals surface area contributed by atoms with Crippen molar-refractivity contribution in [3.63, 3.8) is 0 Å². The zero-order chi connectivity index (χ0) is 64.2. The molecule has 0 aromatic heterocycles. The third kappa shape index (κ3) is 56.1. The molecular weight excluding hydrogens is 1100 g/mol. The maximum absolute atomic E-state index is 13.2. The smallest absolute Gasteiger partial charge is 0.220 e. The molecule has 0 aliphatic carbocycles. The Hall–Kier alpha value is -3.15. The van der Waals surface area contributed by atoms with E-state index >= 15 is 0 Å². The lowest BCUT2D eigenvalue weighted by Gasteiger charge is -2.40. The summed E-state index contributed by atoms with van der Waals surface area (Å²) in [5.74, 6) is -0.155. The van der Waals surface area contributed by atoms with Gasteiger partial charge in [0.2, 0.25) is 5.91 Å². The summed E-state index contributed by atoms with van der Waals surface area (Å²) < 4.78 is 11.4. The molecule has 0 spiro atoms.